The van der Waals surface area contributed by atoms with Crippen molar-refractivity contribution in [2.45, 2.75) is 53.4 Å². The van der Waals surface area contributed by atoms with E-state index in [0.29, 0.717) is 6.01 Å². The molecule has 0 spiro atoms. The Morgan fingerprint density at radius 3 is 2.71 bits per heavy atom. The van der Waals surface area contributed by atoms with Crippen LogP contribution in [-0.4, -0.2) is 10.9 Å². The van der Waals surface area contributed by atoms with Crippen LogP contribution in [0.2, 0.25) is 0 Å². The molecule has 0 saturated heterocycles. The second-order valence-corrected chi connectivity index (χ2v) is 4.93. The zero-order valence-electron chi connectivity index (χ0n) is 11.2. The third kappa shape index (κ3) is 3.88. The number of anilines is 1. The maximum atomic E-state index is 12.0. The van der Waals surface area contributed by atoms with E-state index in [-0.39, 0.29) is 11.3 Å². The summed E-state index contributed by atoms with van der Waals surface area (Å²) in [5.41, 5.74) is -0.378. The van der Waals surface area contributed by atoms with E-state index in [4.69, 9.17) is 4.42 Å². The van der Waals surface area contributed by atoms with Gasteiger partial charge in [-0.05, 0) is 6.42 Å². The molecule has 4 nitrogen and oxygen atoms in total. The highest BCUT2D eigenvalue weighted by molar-refractivity contribution is 5.92. The number of carbonyl (C=O) groups is 1. The molecule has 1 heterocycles. The van der Waals surface area contributed by atoms with Gasteiger partial charge in [0.15, 0.2) is 0 Å². The lowest BCUT2D eigenvalue weighted by Gasteiger charge is -2.22. The summed E-state index contributed by atoms with van der Waals surface area (Å²) in [6.45, 7) is 8.00. The average Bonchev–Trinajstić information content (AvgIpc) is 2.74. The van der Waals surface area contributed by atoms with Crippen LogP contribution in [0.15, 0.2) is 10.6 Å². The van der Waals surface area contributed by atoms with Crippen molar-refractivity contribution in [2.75, 3.05) is 5.32 Å². The van der Waals surface area contributed by atoms with Crippen molar-refractivity contribution in [2.24, 2.45) is 5.41 Å². The number of unbranched alkanes of at least 4 members (excludes halogenated alkanes) is 1. The van der Waals surface area contributed by atoms with Crippen molar-refractivity contribution in [1.29, 1.82) is 0 Å². The Labute approximate surface area is 103 Å². The molecule has 0 aromatic carbocycles. The van der Waals surface area contributed by atoms with Gasteiger partial charge in [0.1, 0.15) is 5.76 Å². The molecule has 0 aliphatic rings. The van der Waals surface area contributed by atoms with Crippen molar-refractivity contribution >= 4 is 11.9 Å². The third-order valence-electron chi connectivity index (χ3n) is 2.89. The minimum atomic E-state index is -0.378. The molecular formula is C13H22N2O2. The number of carbonyl (C=O) groups excluding carboxylic acids is 1. The molecule has 4 heteroatoms. The number of oxazole rings is 1. The molecule has 1 amide bonds. The van der Waals surface area contributed by atoms with Crippen molar-refractivity contribution in [3.63, 3.8) is 0 Å². The average molecular weight is 238 g/mol. The molecule has 0 aliphatic carbocycles. The smallest absolute Gasteiger partial charge is 0.301 e. The fourth-order valence-electron chi connectivity index (χ4n) is 1.53. The van der Waals surface area contributed by atoms with Crippen molar-refractivity contribution in [3.8, 4) is 0 Å². The fraction of sp³-hybridized carbons (Fsp3) is 0.692. The molecular weight excluding hydrogens is 216 g/mol. The quantitative estimate of drug-likeness (QED) is 0.826. The van der Waals surface area contributed by atoms with Crippen LogP contribution in [0.4, 0.5) is 6.01 Å². The minimum Gasteiger partial charge on any atom is -0.429 e. The molecule has 96 valence electrons. The Kier molecular flexibility index (Phi) is 4.73. The normalized spacial score (nSPS) is 11.5. The second-order valence-electron chi connectivity index (χ2n) is 4.93. The summed E-state index contributed by atoms with van der Waals surface area (Å²) < 4.78 is 5.36. The van der Waals surface area contributed by atoms with E-state index >= 15 is 0 Å². The highest BCUT2D eigenvalue weighted by Gasteiger charge is 2.27. The summed E-state index contributed by atoms with van der Waals surface area (Å²) in [5.74, 6) is 0.752. The molecule has 0 fully saturated rings. The monoisotopic (exact) mass is 238 g/mol. The van der Waals surface area contributed by atoms with Crippen LogP contribution in [0.1, 0.15) is 52.7 Å². The van der Waals surface area contributed by atoms with Gasteiger partial charge in [-0.15, -0.1) is 0 Å². The van der Waals surface area contributed by atoms with Gasteiger partial charge in [-0.1, -0.05) is 40.5 Å². The van der Waals surface area contributed by atoms with E-state index in [1.807, 2.05) is 20.8 Å². The Morgan fingerprint density at radius 1 is 1.47 bits per heavy atom. The van der Waals surface area contributed by atoms with E-state index in [9.17, 15) is 4.79 Å². The lowest BCUT2D eigenvalue weighted by molar-refractivity contribution is -0.124. The van der Waals surface area contributed by atoms with E-state index in [1.165, 1.54) is 0 Å². The van der Waals surface area contributed by atoms with Gasteiger partial charge in [-0.3, -0.25) is 10.1 Å². The fourth-order valence-corrected chi connectivity index (χ4v) is 1.53. The molecule has 17 heavy (non-hydrogen) atoms. The lowest BCUT2D eigenvalue weighted by Crippen LogP contribution is -2.30. The number of nitrogens with one attached hydrogen (secondary N) is 1. The van der Waals surface area contributed by atoms with E-state index in [0.717, 1.165) is 31.4 Å². The summed E-state index contributed by atoms with van der Waals surface area (Å²) >= 11 is 0. The number of aryl methyl sites for hydroxylation is 1. The SMILES string of the molecule is CCCCC(C)(C)C(=O)Nc1ncc(CC)o1. The summed E-state index contributed by atoms with van der Waals surface area (Å²) in [5, 5.41) is 2.73. The van der Waals surface area contributed by atoms with Crippen LogP contribution >= 0.6 is 0 Å². The maximum Gasteiger partial charge on any atom is 0.301 e. The first-order valence-corrected chi connectivity index (χ1v) is 6.25. The summed E-state index contributed by atoms with van der Waals surface area (Å²) in [4.78, 5) is 16.0. The third-order valence-corrected chi connectivity index (χ3v) is 2.89. The topological polar surface area (TPSA) is 55.1 Å². The molecule has 0 atom stereocenters. The first kappa shape index (κ1) is 13.7. The zero-order valence-corrected chi connectivity index (χ0v) is 11.2. The van der Waals surface area contributed by atoms with Gasteiger partial charge in [0, 0.05) is 11.8 Å². The Morgan fingerprint density at radius 2 is 2.18 bits per heavy atom. The first-order valence-electron chi connectivity index (χ1n) is 6.25. The largest absolute Gasteiger partial charge is 0.429 e. The molecule has 0 saturated carbocycles. The van der Waals surface area contributed by atoms with E-state index in [1.54, 1.807) is 6.20 Å². The summed E-state index contributed by atoms with van der Waals surface area (Å²) in [6, 6.07) is 0.302. The highest BCUT2D eigenvalue weighted by atomic mass is 16.4. The molecule has 1 aromatic rings. The van der Waals surface area contributed by atoms with Crippen molar-refractivity contribution < 1.29 is 9.21 Å². The summed E-state index contributed by atoms with van der Waals surface area (Å²) in [7, 11) is 0. The van der Waals surface area contributed by atoms with Gasteiger partial charge in [-0.2, -0.15) is 0 Å². The lowest BCUT2D eigenvalue weighted by atomic mass is 9.86. The highest BCUT2D eigenvalue weighted by Crippen LogP contribution is 2.25. The molecule has 0 unspecified atom stereocenters. The molecule has 0 aliphatic heterocycles. The van der Waals surface area contributed by atoms with Gasteiger partial charge in [-0.25, -0.2) is 4.98 Å². The number of hydrogen-bond donors (Lipinski definition) is 1. The first-order chi connectivity index (χ1) is 7.99. The number of nitrogens with zero attached hydrogens (tertiary/aromatic N) is 1. The number of amides is 1. The predicted molar refractivity (Wildman–Crippen MR) is 67.8 cm³/mol. The van der Waals surface area contributed by atoms with Crippen LogP contribution < -0.4 is 5.32 Å². The van der Waals surface area contributed by atoms with Crippen molar-refractivity contribution in [1.82, 2.24) is 4.98 Å². The number of aromatic nitrogens is 1. The van der Waals surface area contributed by atoms with Gasteiger partial charge in [0.2, 0.25) is 5.91 Å². The molecule has 1 aromatic heterocycles. The van der Waals surface area contributed by atoms with Crippen LogP contribution in [0, 0.1) is 5.41 Å². The minimum absolute atomic E-state index is 0.0320. The van der Waals surface area contributed by atoms with Gasteiger partial charge >= 0.3 is 6.01 Å². The summed E-state index contributed by atoms with van der Waals surface area (Å²) in [6.07, 6.45) is 5.44. The zero-order chi connectivity index (χ0) is 12.9. The predicted octanol–water partition coefficient (Wildman–Crippen LogP) is 3.39. The van der Waals surface area contributed by atoms with Crippen LogP contribution in [0.5, 0.6) is 0 Å². The van der Waals surface area contributed by atoms with Crippen molar-refractivity contribution in [3.05, 3.63) is 12.0 Å². The van der Waals surface area contributed by atoms with Gasteiger partial charge < -0.3 is 4.42 Å². The van der Waals surface area contributed by atoms with E-state index < -0.39 is 0 Å². The van der Waals surface area contributed by atoms with Gasteiger partial charge in [0.05, 0.1) is 6.20 Å². The van der Waals surface area contributed by atoms with Crippen LogP contribution in [-0.2, 0) is 11.2 Å². The van der Waals surface area contributed by atoms with Crippen LogP contribution in [0.25, 0.3) is 0 Å². The number of rotatable bonds is 6. The molecule has 1 rings (SSSR count). The standard InChI is InChI=1S/C13H22N2O2/c1-5-7-8-13(3,4)11(16)15-12-14-9-10(6-2)17-12/h9H,5-8H2,1-4H3,(H,14,15,16). The van der Waals surface area contributed by atoms with E-state index in [2.05, 4.69) is 17.2 Å². The van der Waals surface area contributed by atoms with Gasteiger partial charge in [0.25, 0.3) is 0 Å². The number of hydrogen-bond acceptors (Lipinski definition) is 3. The molecule has 1 N–H and O–H groups in total. The second kappa shape index (κ2) is 5.84. The Bertz CT molecular complexity index is 369. The van der Waals surface area contributed by atoms with Crippen LogP contribution in [0.3, 0.4) is 0 Å². The maximum absolute atomic E-state index is 12.0. The Hall–Kier alpha value is -1.32. The Balaban J connectivity index is 2.58. The molecule has 0 bridgehead atoms. The molecule has 0 radical (unpaired) electrons.